The highest BCUT2D eigenvalue weighted by Gasteiger charge is 2.31. The van der Waals surface area contributed by atoms with Crippen molar-refractivity contribution in [3.63, 3.8) is 0 Å². The van der Waals surface area contributed by atoms with Crippen LogP contribution in [0, 0.1) is 0 Å². The highest BCUT2D eigenvalue weighted by Crippen LogP contribution is 2.37. The van der Waals surface area contributed by atoms with Gasteiger partial charge in [-0.2, -0.15) is 0 Å². The number of benzene rings is 2. The van der Waals surface area contributed by atoms with Gasteiger partial charge in [-0.3, -0.25) is 0 Å². The van der Waals surface area contributed by atoms with E-state index in [0.717, 1.165) is 0 Å². The first-order valence-corrected chi connectivity index (χ1v) is 7.55. The molecule has 0 unspecified atom stereocenters. The second-order valence-corrected chi connectivity index (χ2v) is 6.19. The molecule has 0 aliphatic rings. The van der Waals surface area contributed by atoms with Crippen LogP contribution in [0.4, 0.5) is 13.2 Å². The van der Waals surface area contributed by atoms with Crippen molar-refractivity contribution in [1.29, 1.82) is 0 Å². The predicted octanol–water partition coefficient (Wildman–Crippen LogP) is 4.86. The quantitative estimate of drug-likeness (QED) is 0.716. The van der Waals surface area contributed by atoms with E-state index < -0.39 is 12.4 Å². The Kier molecular flexibility index (Phi) is 5.03. The second kappa shape index (κ2) is 6.47. The minimum Gasteiger partial charge on any atom is -0.506 e. The van der Waals surface area contributed by atoms with Gasteiger partial charge in [-0.05, 0) is 45.8 Å². The number of hydrogen-bond donors (Lipinski definition) is 2. The second-order valence-electron chi connectivity index (χ2n) is 4.42. The lowest BCUT2D eigenvalue weighted by Gasteiger charge is -2.16. The average Bonchev–Trinajstić information content (AvgIpc) is 2.41. The first-order valence-electron chi connectivity index (χ1n) is 5.96. The molecule has 0 spiro atoms. The molecule has 0 aliphatic carbocycles. The molecule has 0 amide bonds. The van der Waals surface area contributed by atoms with Crippen LogP contribution in [0.5, 0.6) is 11.5 Å². The number of rotatable bonds is 3. The number of phenols is 1. The summed E-state index contributed by atoms with van der Waals surface area (Å²) in [7, 11) is 0. The normalized spacial score (nSPS) is 13.0. The van der Waals surface area contributed by atoms with Gasteiger partial charge in [-0.25, -0.2) is 0 Å². The van der Waals surface area contributed by atoms with E-state index in [1.165, 1.54) is 24.3 Å². The fraction of sp³-hybridized carbons (Fsp3) is 0.143. The number of alkyl halides is 3. The summed E-state index contributed by atoms with van der Waals surface area (Å²) in [5, 5.41) is 10.0. The molecule has 1 atom stereocenters. The topological polar surface area (TPSA) is 55.5 Å². The minimum atomic E-state index is -4.74. The van der Waals surface area contributed by atoms with Gasteiger partial charge < -0.3 is 15.6 Å². The lowest BCUT2D eigenvalue weighted by Crippen LogP contribution is -2.17. The maximum absolute atomic E-state index is 12.1. The molecule has 0 saturated heterocycles. The van der Waals surface area contributed by atoms with Crippen LogP contribution in [-0.4, -0.2) is 11.5 Å². The summed E-state index contributed by atoms with van der Waals surface area (Å²) in [6.45, 7) is 0. The van der Waals surface area contributed by atoms with Gasteiger partial charge >= 0.3 is 6.36 Å². The van der Waals surface area contributed by atoms with Crippen LogP contribution in [0.2, 0.25) is 0 Å². The van der Waals surface area contributed by atoms with Crippen LogP contribution in [0.25, 0.3) is 0 Å². The lowest BCUT2D eigenvalue weighted by atomic mass is 9.99. The van der Waals surface area contributed by atoms with Crippen molar-refractivity contribution in [2.24, 2.45) is 5.73 Å². The van der Waals surface area contributed by atoms with Gasteiger partial charge in [0.05, 0.1) is 10.5 Å². The highest BCUT2D eigenvalue weighted by atomic mass is 79.9. The molecule has 3 N–H and O–H groups in total. The molecule has 0 heterocycles. The molecular weight excluding hydrogens is 431 g/mol. The van der Waals surface area contributed by atoms with Crippen LogP contribution >= 0.6 is 31.9 Å². The maximum atomic E-state index is 12.1. The van der Waals surface area contributed by atoms with E-state index in [1.54, 1.807) is 12.1 Å². The van der Waals surface area contributed by atoms with Crippen molar-refractivity contribution >= 4 is 31.9 Å². The van der Waals surface area contributed by atoms with Crippen LogP contribution in [0.15, 0.2) is 45.3 Å². The van der Waals surface area contributed by atoms with E-state index >= 15 is 0 Å². The van der Waals surface area contributed by atoms with Gasteiger partial charge in [0, 0.05) is 10.0 Å². The molecule has 0 bridgehead atoms. The molecule has 2 rings (SSSR count). The molecule has 2 aromatic rings. The third-order valence-corrected chi connectivity index (χ3v) is 3.93. The molecule has 0 saturated carbocycles. The van der Waals surface area contributed by atoms with E-state index in [1.807, 2.05) is 0 Å². The first-order chi connectivity index (χ1) is 10.2. The SMILES string of the molecule is N[C@@H](c1ccc(OC(F)(F)F)cc1)c1cc(Br)cc(Br)c1O. The molecule has 0 fully saturated rings. The van der Waals surface area contributed by atoms with Gasteiger partial charge in [0.15, 0.2) is 0 Å². The van der Waals surface area contributed by atoms with Crippen LogP contribution in [0.3, 0.4) is 0 Å². The largest absolute Gasteiger partial charge is 0.573 e. The van der Waals surface area contributed by atoms with Gasteiger partial charge in [-0.15, -0.1) is 13.2 Å². The Morgan fingerprint density at radius 2 is 1.68 bits per heavy atom. The molecule has 3 nitrogen and oxygen atoms in total. The average molecular weight is 441 g/mol. The van der Waals surface area contributed by atoms with E-state index in [-0.39, 0.29) is 11.5 Å². The summed E-state index contributed by atoms with van der Waals surface area (Å²) in [5.74, 6) is -0.352. The van der Waals surface area contributed by atoms with Gasteiger partial charge in [-0.1, -0.05) is 28.1 Å². The number of nitrogens with two attached hydrogens (primary N) is 1. The fourth-order valence-electron chi connectivity index (χ4n) is 1.88. The first kappa shape index (κ1) is 17.1. The Hall–Kier alpha value is -1.25. The van der Waals surface area contributed by atoms with Gasteiger partial charge in [0.25, 0.3) is 0 Å². The zero-order valence-electron chi connectivity index (χ0n) is 10.9. The third-order valence-electron chi connectivity index (χ3n) is 2.87. The summed E-state index contributed by atoms with van der Waals surface area (Å²) in [5.41, 5.74) is 7.04. The number of ether oxygens (including phenoxy) is 1. The standard InChI is InChI=1S/C14H10Br2F3NO2/c15-8-5-10(13(21)11(16)6-8)12(20)7-1-3-9(4-2-7)22-14(17,18)19/h1-6,12,21H,20H2/t12-/m0/s1. The molecule has 22 heavy (non-hydrogen) atoms. The smallest absolute Gasteiger partial charge is 0.506 e. The molecular formula is C14H10Br2F3NO2. The lowest BCUT2D eigenvalue weighted by molar-refractivity contribution is -0.274. The summed E-state index contributed by atoms with van der Waals surface area (Å²) >= 11 is 6.49. The van der Waals surface area contributed by atoms with Crippen LogP contribution in [0.1, 0.15) is 17.2 Å². The Labute approximate surface area is 141 Å². The van der Waals surface area contributed by atoms with Gasteiger partial charge in [0.1, 0.15) is 11.5 Å². The number of phenolic OH excluding ortho intramolecular Hbond substituents is 1. The zero-order valence-corrected chi connectivity index (χ0v) is 14.0. The molecule has 118 valence electrons. The van der Waals surface area contributed by atoms with E-state index in [2.05, 4.69) is 36.6 Å². The minimum absolute atomic E-state index is 0.0219. The third kappa shape index (κ3) is 4.15. The summed E-state index contributed by atoms with van der Waals surface area (Å²) < 4.78 is 41.3. The maximum Gasteiger partial charge on any atom is 0.573 e. The monoisotopic (exact) mass is 439 g/mol. The predicted molar refractivity (Wildman–Crippen MR) is 82.7 cm³/mol. The van der Waals surface area contributed by atoms with E-state index in [4.69, 9.17) is 5.73 Å². The Balaban J connectivity index is 2.29. The summed E-state index contributed by atoms with van der Waals surface area (Å²) in [6, 6.07) is 7.78. The fourth-order valence-corrected chi connectivity index (χ4v) is 3.14. The Morgan fingerprint density at radius 1 is 1.09 bits per heavy atom. The number of hydrogen-bond acceptors (Lipinski definition) is 3. The van der Waals surface area contributed by atoms with Crippen molar-refractivity contribution in [2.45, 2.75) is 12.4 Å². The number of halogens is 5. The van der Waals surface area contributed by atoms with E-state index in [9.17, 15) is 18.3 Å². The van der Waals surface area contributed by atoms with Crippen LogP contribution < -0.4 is 10.5 Å². The highest BCUT2D eigenvalue weighted by molar-refractivity contribution is 9.11. The Bertz CT molecular complexity index is 675. The summed E-state index contributed by atoms with van der Waals surface area (Å²) in [6.07, 6.45) is -4.74. The van der Waals surface area contributed by atoms with Crippen molar-refractivity contribution in [3.05, 3.63) is 56.5 Å². The molecule has 0 radical (unpaired) electrons. The molecule has 0 aromatic heterocycles. The van der Waals surface area contributed by atoms with Crippen molar-refractivity contribution < 1.29 is 23.0 Å². The Morgan fingerprint density at radius 3 is 2.23 bits per heavy atom. The number of aromatic hydroxyl groups is 1. The van der Waals surface area contributed by atoms with Crippen molar-refractivity contribution in [1.82, 2.24) is 0 Å². The van der Waals surface area contributed by atoms with Gasteiger partial charge in [0.2, 0.25) is 0 Å². The van der Waals surface area contributed by atoms with Crippen LogP contribution in [-0.2, 0) is 0 Å². The zero-order chi connectivity index (χ0) is 16.5. The molecule has 0 aliphatic heterocycles. The van der Waals surface area contributed by atoms with Crippen molar-refractivity contribution in [2.75, 3.05) is 0 Å². The molecule has 8 heteroatoms. The molecule has 2 aromatic carbocycles. The summed E-state index contributed by atoms with van der Waals surface area (Å²) in [4.78, 5) is 0. The van der Waals surface area contributed by atoms with E-state index in [0.29, 0.717) is 20.1 Å². The van der Waals surface area contributed by atoms with Crippen molar-refractivity contribution in [3.8, 4) is 11.5 Å².